The molecule has 1 fully saturated rings. The molecule has 6 heteroatoms. The fourth-order valence-electron chi connectivity index (χ4n) is 1.99. The van der Waals surface area contributed by atoms with Crippen LogP contribution in [-0.4, -0.2) is 27.0 Å². The predicted molar refractivity (Wildman–Crippen MR) is 74.3 cm³/mol. The van der Waals surface area contributed by atoms with Crippen LogP contribution < -0.4 is 5.32 Å². The van der Waals surface area contributed by atoms with Crippen LogP contribution >= 0.6 is 24.2 Å². The van der Waals surface area contributed by atoms with Gasteiger partial charge in [-0.05, 0) is 19.9 Å². The van der Waals surface area contributed by atoms with E-state index in [1.54, 1.807) is 18.2 Å². The number of phenols is 1. The van der Waals surface area contributed by atoms with Crippen LogP contribution in [-0.2, 0) is 4.79 Å². The predicted octanol–water partition coefficient (Wildman–Crippen LogP) is 2.38. The Hall–Kier alpha value is -0.910. The van der Waals surface area contributed by atoms with Crippen molar-refractivity contribution in [3.63, 3.8) is 0 Å². The van der Waals surface area contributed by atoms with Gasteiger partial charge in [0.2, 0.25) is 0 Å². The molecule has 0 amide bonds. The second-order valence-corrected chi connectivity index (χ2v) is 6.36. The normalized spacial score (nSPS) is 25.4. The summed E-state index contributed by atoms with van der Waals surface area (Å²) in [5.41, 5.74) is 0.731. The van der Waals surface area contributed by atoms with Gasteiger partial charge >= 0.3 is 5.97 Å². The fraction of sp³-hybridized carbons (Fsp3) is 0.417. The zero-order chi connectivity index (χ0) is 12.6. The molecule has 3 N–H and O–H groups in total. The molecule has 1 aliphatic heterocycles. The summed E-state index contributed by atoms with van der Waals surface area (Å²) in [5.74, 6) is -0.667. The van der Waals surface area contributed by atoms with Gasteiger partial charge in [0.25, 0.3) is 0 Å². The maximum Gasteiger partial charge on any atom is 0.322 e. The Morgan fingerprint density at radius 2 is 2.00 bits per heavy atom. The van der Waals surface area contributed by atoms with Crippen molar-refractivity contribution in [3.8, 4) is 5.75 Å². The average Bonchev–Trinajstić information content (AvgIpc) is 2.55. The molecule has 1 heterocycles. The number of thioether (sulfide) groups is 1. The Morgan fingerprint density at radius 1 is 1.39 bits per heavy atom. The van der Waals surface area contributed by atoms with Crippen molar-refractivity contribution >= 4 is 30.1 Å². The molecule has 2 atom stereocenters. The van der Waals surface area contributed by atoms with Crippen LogP contribution in [0.4, 0.5) is 0 Å². The first kappa shape index (κ1) is 15.1. The maximum absolute atomic E-state index is 11.1. The summed E-state index contributed by atoms with van der Waals surface area (Å²) in [4.78, 5) is 11.1. The van der Waals surface area contributed by atoms with Gasteiger partial charge in [-0.2, -0.15) is 0 Å². The molecule has 1 aromatic carbocycles. The first-order valence-electron chi connectivity index (χ1n) is 5.36. The van der Waals surface area contributed by atoms with Crippen LogP contribution in [0.15, 0.2) is 24.3 Å². The molecule has 1 saturated heterocycles. The number of hydrogen-bond acceptors (Lipinski definition) is 4. The van der Waals surface area contributed by atoms with E-state index in [0.717, 1.165) is 5.56 Å². The van der Waals surface area contributed by atoms with Crippen molar-refractivity contribution in [2.75, 3.05) is 0 Å². The maximum atomic E-state index is 11.1. The fourth-order valence-corrected chi connectivity index (χ4v) is 3.43. The van der Waals surface area contributed by atoms with E-state index < -0.39 is 16.8 Å². The average molecular weight is 290 g/mol. The summed E-state index contributed by atoms with van der Waals surface area (Å²) in [7, 11) is 0. The van der Waals surface area contributed by atoms with Gasteiger partial charge in [0.05, 0.1) is 5.37 Å². The number of aliphatic carboxylic acids is 1. The smallest absolute Gasteiger partial charge is 0.322 e. The van der Waals surface area contributed by atoms with Crippen LogP contribution in [0.5, 0.6) is 5.75 Å². The van der Waals surface area contributed by atoms with Crippen LogP contribution in [0, 0.1) is 0 Å². The third-order valence-electron chi connectivity index (χ3n) is 2.90. The summed E-state index contributed by atoms with van der Waals surface area (Å²) in [6.07, 6.45) is 0. The highest BCUT2D eigenvalue weighted by Crippen LogP contribution is 2.47. The molecular weight excluding hydrogens is 274 g/mol. The highest BCUT2D eigenvalue weighted by Gasteiger charge is 2.46. The molecule has 4 nitrogen and oxygen atoms in total. The molecule has 0 aliphatic carbocycles. The number of carboxylic acid groups (broad SMARTS) is 1. The lowest BCUT2D eigenvalue weighted by molar-refractivity contribution is -0.139. The molecular formula is C12H16ClNO3S. The molecule has 0 bridgehead atoms. The van der Waals surface area contributed by atoms with Crippen LogP contribution in [0.3, 0.4) is 0 Å². The van der Waals surface area contributed by atoms with Crippen molar-refractivity contribution in [2.45, 2.75) is 30.0 Å². The summed E-state index contributed by atoms with van der Waals surface area (Å²) in [5, 5.41) is 21.8. The number of rotatable bonds is 2. The molecule has 2 rings (SSSR count). The molecule has 0 radical (unpaired) electrons. The van der Waals surface area contributed by atoms with Crippen molar-refractivity contribution in [1.82, 2.24) is 5.32 Å². The number of hydrogen-bond donors (Lipinski definition) is 3. The second kappa shape index (κ2) is 5.38. The topological polar surface area (TPSA) is 69.6 Å². The Bertz CT molecular complexity index is 453. The SMILES string of the molecule is CC1(C)SC(c2ccccc2O)NC1C(=O)O.Cl. The zero-order valence-electron chi connectivity index (χ0n) is 10.1. The van der Waals surface area contributed by atoms with E-state index in [2.05, 4.69) is 5.32 Å². The van der Waals surface area contributed by atoms with E-state index in [4.69, 9.17) is 5.11 Å². The first-order valence-corrected chi connectivity index (χ1v) is 6.24. The van der Waals surface area contributed by atoms with Crippen LogP contribution in [0.25, 0.3) is 0 Å². The van der Waals surface area contributed by atoms with Gasteiger partial charge in [-0.3, -0.25) is 10.1 Å². The largest absolute Gasteiger partial charge is 0.508 e. The van der Waals surface area contributed by atoms with Crippen LogP contribution in [0.2, 0.25) is 0 Å². The lowest BCUT2D eigenvalue weighted by Crippen LogP contribution is -2.43. The first-order chi connectivity index (χ1) is 7.92. The Morgan fingerprint density at radius 3 is 2.50 bits per heavy atom. The number of benzene rings is 1. The lowest BCUT2D eigenvalue weighted by Gasteiger charge is -2.20. The van der Waals surface area contributed by atoms with Gasteiger partial charge in [0.15, 0.2) is 0 Å². The number of nitrogens with one attached hydrogen (secondary N) is 1. The van der Waals surface area contributed by atoms with Gasteiger partial charge < -0.3 is 10.2 Å². The minimum Gasteiger partial charge on any atom is -0.508 e. The summed E-state index contributed by atoms with van der Waals surface area (Å²) in [6.45, 7) is 3.78. The molecule has 1 aliphatic rings. The van der Waals surface area contributed by atoms with E-state index in [1.807, 2.05) is 19.9 Å². The van der Waals surface area contributed by atoms with Gasteiger partial charge in [-0.1, -0.05) is 18.2 Å². The van der Waals surface area contributed by atoms with Crippen molar-refractivity contribution in [2.24, 2.45) is 0 Å². The molecule has 18 heavy (non-hydrogen) atoms. The van der Waals surface area contributed by atoms with Gasteiger partial charge in [-0.25, -0.2) is 0 Å². The van der Waals surface area contributed by atoms with E-state index in [-0.39, 0.29) is 23.5 Å². The monoisotopic (exact) mass is 289 g/mol. The minimum atomic E-state index is -0.861. The third kappa shape index (κ3) is 2.74. The summed E-state index contributed by atoms with van der Waals surface area (Å²) >= 11 is 1.52. The molecule has 0 spiro atoms. The van der Waals surface area contributed by atoms with E-state index >= 15 is 0 Å². The number of halogens is 1. The molecule has 0 aromatic heterocycles. The van der Waals surface area contributed by atoms with Crippen molar-refractivity contribution in [3.05, 3.63) is 29.8 Å². The quantitative estimate of drug-likeness (QED) is 0.780. The Labute approximate surface area is 116 Å². The van der Waals surface area contributed by atoms with Gasteiger partial charge in [0, 0.05) is 10.3 Å². The number of para-hydroxylation sites is 1. The number of carbonyl (C=O) groups is 1. The van der Waals surface area contributed by atoms with E-state index in [9.17, 15) is 9.90 Å². The standard InChI is InChI=1S/C12H15NO3S.ClH/c1-12(2)9(11(15)16)13-10(17-12)7-5-3-4-6-8(7)14;/h3-6,9-10,13-14H,1-2H3,(H,15,16);1H. The number of aromatic hydroxyl groups is 1. The lowest BCUT2D eigenvalue weighted by atomic mass is 10.0. The van der Waals surface area contributed by atoms with Crippen molar-refractivity contribution < 1.29 is 15.0 Å². The summed E-state index contributed by atoms with van der Waals surface area (Å²) < 4.78 is -0.404. The van der Waals surface area contributed by atoms with E-state index in [0.29, 0.717) is 0 Å². The zero-order valence-corrected chi connectivity index (χ0v) is 11.7. The Balaban J connectivity index is 0.00000162. The molecule has 2 unspecified atom stereocenters. The highest BCUT2D eigenvalue weighted by molar-refractivity contribution is 8.01. The minimum absolute atomic E-state index is 0. The molecule has 100 valence electrons. The highest BCUT2D eigenvalue weighted by atomic mass is 35.5. The second-order valence-electron chi connectivity index (χ2n) is 4.60. The van der Waals surface area contributed by atoms with Crippen LogP contribution in [0.1, 0.15) is 24.8 Å². The third-order valence-corrected chi connectivity index (χ3v) is 4.37. The van der Waals surface area contributed by atoms with Gasteiger partial charge in [-0.15, -0.1) is 24.2 Å². The summed E-state index contributed by atoms with van der Waals surface area (Å²) in [6, 6.07) is 6.38. The van der Waals surface area contributed by atoms with Crippen molar-refractivity contribution in [1.29, 1.82) is 0 Å². The molecule has 1 aromatic rings. The van der Waals surface area contributed by atoms with E-state index in [1.165, 1.54) is 11.8 Å². The van der Waals surface area contributed by atoms with Gasteiger partial charge in [0.1, 0.15) is 11.8 Å². The number of carboxylic acids is 1. The number of phenolic OH excluding ortho intramolecular Hbond substituents is 1. The molecule has 0 saturated carbocycles. The Kier molecular flexibility index (Phi) is 4.53.